The van der Waals surface area contributed by atoms with Gasteiger partial charge in [-0.05, 0) is 17.5 Å². The lowest BCUT2D eigenvalue weighted by atomic mass is 10.2. The van der Waals surface area contributed by atoms with Gasteiger partial charge in [-0.2, -0.15) is 0 Å². The Hall–Kier alpha value is -0.420. The number of unbranched alkanes of at least 4 members (excludes halogenated alkanes) is 2. The lowest BCUT2D eigenvalue weighted by Crippen LogP contribution is -2.08. The Morgan fingerprint density at radius 3 is 2.67 bits per heavy atom. The van der Waals surface area contributed by atoms with Crippen LogP contribution in [0.3, 0.4) is 0 Å². The Bertz CT molecular complexity index is 157. The maximum absolute atomic E-state index is 10.7. The second kappa shape index (κ2) is 7.24. The molecular weight excluding hydrogens is 180 g/mol. The van der Waals surface area contributed by atoms with Crippen LogP contribution in [0.2, 0.25) is 0 Å². The number of esters is 1. The number of carbonyl (C=O) groups is 1. The average Bonchev–Trinajstić information content (AvgIpc) is 2.01. The van der Waals surface area contributed by atoms with Crippen LogP contribution in [-0.4, -0.2) is 20.7 Å². The summed E-state index contributed by atoms with van der Waals surface area (Å²) < 4.78 is 24.3. The molecule has 0 rings (SSSR count). The third kappa shape index (κ3) is 7.68. The number of rotatable bonds is 6. The topological polar surface area (TPSA) is 66.4 Å². The molecule has 0 aromatic heterocycles. The van der Waals surface area contributed by atoms with Gasteiger partial charge in [0.15, 0.2) is 5.94 Å². The Morgan fingerprint density at radius 2 is 2.17 bits per heavy atom. The van der Waals surface area contributed by atoms with Gasteiger partial charge in [-0.3, -0.25) is 9.00 Å². The molecule has 0 bridgehead atoms. The lowest BCUT2D eigenvalue weighted by Gasteiger charge is -2.05. The maximum Gasteiger partial charge on any atom is 0.306 e. The van der Waals surface area contributed by atoms with Crippen molar-refractivity contribution in [2.24, 2.45) is 0 Å². The van der Waals surface area contributed by atoms with E-state index >= 15 is 0 Å². The van der Waals surface area contributed by atoms with Crippen LogP contribution >= 0.6 is 0 Å². The first-order chi connectivity index (χ1) is 5.66. The van der Waals surface area contributed by atoms with Gasteiger partial charge in [0, 0.05) is 6.42 Å². The number of hydrogen-bond acceptors (Lipinski definition) is 4. The fourth-order valence-electron chi connectivity index (χ4n) is 0.705. The van der Waals surface area contributed by atoms with E-state index < -0.39 is 23.0 Å². The number of hydrogen-bond donors (Lipinski definition) is 0. The summed E-state index contributed by atoms with van der Waals surface area (Å²) in [7, 11) is 0. The monoisotopic (exact) mass is 193 g/mol. The molecule has 0 saturated carbocycles. The van der Waals surface area contributed by atoms with Crippen LogP contribution in [0.15, 0.2) is 0 Å². The average molecular weight is 193 g/mol. The van der Waals surface area contributed by atoms with Crippen molar-refractivity contribution in [2.75, 3.05) is 5.94 Å². The summed E-state index contributed by atoms with van der Waals surface area (Å²) in [5, 5.41) is 0. The van der Waals surface area contributed by atoms with Gasteiger partial charge in [0.2, 0.25) is 0 Å². The Labute approximate surface area is 74.6 Å². The summed E-state index contributed by atoms with van der Waals surface area (Å²) in [5.41, 5.74) is 0. The summed E-state index contributed by atoms with van der Waals surface area (Å²) >= 11 is -2.29. The minimum absolute atomic E-state index is 0.311. The van der Waals surface area contributed by atoms with Gasteiger partial charge >= 0.3 is 5.97 Å². The predicted octanol–water partition coefficient (Wildman–Crippen LogP) is 0.947. The molecule has 1 unspecified atom stereocenters. The summed E-state index contributed by atoms with van der Waals surface area (Å²) in [6.07, 6.45) is 3.07. The van der Waals surface area contributed by atoms with E-state index in [1.165, 1.54) is 0 Å². The van der Waals surface area contributed by atoms with Gasteiger partial charge in [0.25, 0.3) is 0 Å². The molecular formula is C7H13O4S-. The molecule has 72 valence electrons. The fourth-order valence-corrected chi connectivity index (χ4v) is 0.933. The van der Waals surface area contributed by atoms with E-state index in [9.17, 15) is 13.6 Å². The molecule has 0 fully saturated rings. The van der Waals surface area contributed by atoms with Crippen LogP contribution in [0.4, 0.5) is 0 Å². The SMILES string of the molecule is CCCCCC(=O)OCS(=O)[O-]. The quantitative estimate of drug-likeness (QED) is 0.358. The Kier molecular flexibility index (Phi) is 6.99. The zero-order valence-corrected chi connectivity index (χ0v) is 7.89. The van der Waals surface area contributed by atoms with Crippen LogP contribution in [-0.2, 0) is 20.6 Å². The molecule has 1 atom stereocenters. The highest BCUT2D eigenvalue weighted by molar-refractivity contribution is 7.78. The largest absolute Gasteiger partial charge is 0.770 e. The zero-order chi connectivity index (χ0) is 9.40. The molecule has 0 saturated heterocycles. The summed E-state index contributed by atoms with van der Waals surface area (Å²) in [4.78, 5) is 10.7. The Balaban J connectivity index is 3.28. The van der Waals surface area contributed by atoms with E-state index in [0.717, 1.165) is 19.3 Å². The second-order valence-electron chi connectivity index (χ2n) is 2.40. The highest BCUT2D eigenvalue weighted by Crippen LogP contribution is 2.00. The van der Waals surface area contributed by atoms with Crippen molar-refractivity contribution in [1.29, 1.82) is 0 Å². The summed E-state index contributed by atoms with van der Waals surface area (Å²) in [5.74, 6) is -0.960. The molecule has 0 N–H and O–H groups in total. The van der Waals surface area contributed by atoms with E-state index in [-0.39, 0.29) is 0 Å². The molecule has 0 aromatic rings. The molecule has 0 aromatic carbocycles. The van der Waals surface area contributed by atoms with E-state index in [0.29, 0.717) is 6.42 Å². The van der Waals surface area contributed by atoms with Gasteiger partial charge in [-0.1, -0.05) is 19.8 Å². The summed E-state index contributed by atoms with van der Waals surface area (Å²) in [6.45, 7) is 2.03. The van der Waals surface area contributed by atoms with Crippen molar-refractivity contribution >= 4 is 17.0 Å². The summed E-state index contributed by atoms with van der Waals surface area (Å²) in [6, 6.07) is 0. The molecule has 4 nitrogen and oxygen atoms in total. The van der Waals surface area contributed by atoms with Crippen LogP contribution in [0.25, 0.3) is 0 Å². The van der Waals surface area contributed by atoms with Gasteiger partial charge in [0.1, 0.15) is 0 Å². The molecule has 0 heterocycles. The van der Waals surface area contributed by atoms with E-state index in [1.807, 2.05) is 6.92 Å². The number of ether oxygens (including phenoxy) is 1. The first kappa shape index (κ1) is 11.6. The van der Waals surface area contributed by atoms with Gasteiger partial charge in [0.05, 0.1) is 0 Å². The van der Waals surface area contributed by atoms with Gasteiger partial charge in [-0.25, -0.2) is 0 Å². The van der Waals surface area contributed by atoms with Crippen molar-refractivity contribution in [3.63, 3.8) is 0 Å². The van der Waals surface area contributed by atoms with Crippen molar-refractivity contribution in [3.8, 4) is 0 Å². The normalized spacial score (nSPS) is 12.5. The van der Waals surface area contributed by atoms with Gasteiger partial charge < -0.3 is 9.29 Å². The van der Waals surface area contributed by atoms with Crippen LogP contribution < -0.4 is 0 Å². The van der Waals surface area contributed by atoms with Gasteiger partial charge in [-0.15, -0.1) is 0 Å². The third-order valence-electron chi connectivity index (χ3n) is 1.30. The minimum atomic E-state index is -2.29. The molecule has 5 heteroatoms. The van der Waals surface area contributed by atoms with Crippen LogP contribution in [0.1, 0.15) is 32.6 Å². The second-order valence-corrected chi connectivity index (χ2v) is 3.24. The highest BCUT2D eigenvalue weighted by Gasteiger charge is 2.00. The first-order valence-corrected chi connectivity index (χ1v) is 5.12. The van der Waals surface area contributed by atoms with Crippen LogP contribution in [0, 0.1) is 0 Å². The van der Waals surface area contributed by atoms with E-state index in [4.69, 9.17) is 0 Å². The van der Waals surface area contributed by atoms with E-state index in [1.54, 1.807) is 0 Å². The molecule has 0 radical (unpaired) electrons. The fraction of sp³-hybridized carbons (Fsp3) is 0.857. The standard InChI is InChI=1S/C7H14O4S/c1-2-3-4-5-7(8)11-6-12(9)10/h2-6H2,1H3,(H,9,10)/p-1. The zero-order valence-electron chi connectivity index (χ0n) is 7.08. The predicted molar refractivity (Wildman–Crippen MR) is 44.0 cm³/mol. The smallest absolute Gasteiger partial charge is 0.306 e. The first-order valence-electron chi connectivity index (χ1n) is 3.88. The minimum Gasteiger partial charge on any atom is -0.770 e. The highest BCUT2D eigenvalue weighted by atomic mass is 32.2. The van der Waals surface area contributed by atoms with Crippen molar-refractivity contribution in [3.05, 3.63) is 0 Å². The van der Waals surface area contributed by atoms with Crippen molar-refractivity contribution in [1.82, 2.24) is 0 Å². The number of carbonyl (C=O) groups excluding carboxylic acids is 1. The maximum atomic E-state index is 10.7. The molecule has 12 heavy (non-hydrogen) atoms. The molecule has 0 aliphatic rings. The third-order valence-corrected chi connectivity index (χ3v) is 1.61. The molecule has 0 aliphatic carbocycles. The van der Waals surface area contributed by atoms with Crippen molar-refractivity contribution in [2.45, 2.75) is 32.6 Å². The molecule has 0 aliphatic heterocycles. The molecule has 0 amide bonds. The Morgan fingerprint density at radius 1 is 1.50 bits per heavy atom. The van der Waals surface area contributed by atoms with Crippen molar-refractivity contribution < 1.29 is 18.3 Å². The van der Waals surface area contributed by atoms with Crippen LogP contribution in [0.5, 0.6) is 0 Å². The molecule has 0 spiro atoms. The van der Waals surface area contributed by atoms with E-state index in [2.05, 4.69) is 4.74 Å². The lowest BCUT2D eigenvalue weighted by molar-refractivity contribution is -0.141.